The van der Waals surface area contributed by atoms with Crippen molar-refractivity contribution in [2.45, 2.75) is 39.3 Å². The van der Waals surface area contributed by atoms with Gasteiger partial charge < -0.3 is 10.1 Å². The highest BCUT2D eigenvalue weighted by atomic mass is 16.5. The average molecular weight is 238 g/mol. The SMILES string of the molecule is CC(C)CNCc1cn(C2CCOCC2)nn1. The second-order valence-corrected chi connectivity index (χ2v) is 5.06. The van der Waals surface area contributed by atoms with Crippen LogP contribution < -0.4 is 5.32 Å². The van der Waals surface area contributed by atoms with Crippen LogP contribution in [0.25, 0.3) is 0 Å². The topological polar surface area (TPSA) is 52.0 Å². The molecule has 1 saturated heterocycles. The third-order valence-electron chi connectivity index (χ3n) is 2.98. The minimum Gasteiger partial charge on any atom is -0.381 e. The van der Waals surface area contributed by atoms with Crippen LogP contribution in [0.5, 0.6) is 0 Å². The first-order valence-corrected chi connectivity index (χ1v) is 6.45. The molecule has 0 saturated carbocycles. The van der Waals surface area contributed by atoms with E-state index >= 15 is 0 Å². The minimum absolute atomic E-state index is 0.468. The predicted molar refractivity (Wildman–Crippen MR) is 65.7 cm³/mol. The van der Waals surface area contributed by atoms with Gasteiger partial charge in [-0.3, -0.25) is 0 Å². The van der Waals surface area contributed by atoms with Gasteiger partial charge in [-0.1, -0.05) is 19.1 Å². The molecule has 0 spiro atoms. The number of nitrogens with zero attached hydrogens (tertiary/aromatic N) is 3. The Hall–Kier alpha value is -0.940. The normalized spacial score (nSPS) is 17.8. The van der Waals surface area contributed by atoms with Gasteiger partial charge in [-0.2, -0.15) is 0 Å². The first-order valence-electron chi connectivity index (χ1n) is 6.45. The lowest BCUT2D eigenvalue weighted by molar-refractivity contribution is 0.0657. The fraction of sp³-hybridized carbons (Fsp3) is 0.833. The minimum atomic E-state index is 0.468. The Labute approximate surface area is 103 Å². The summed E-state index contributed by atoms with van der Waals surface area (Å²) in [5.41, 5.74) is 1.03. The first-order chi connectivity index (χ1) is 8.25. The summed E-state index contributed by atoms with van der Waals surface area (Å²) in [6, 6.07) is 0.468. The summed E-state index contributed by atoms with van der Waals surface area (Å²) in [5, 5.41) is 11.8. The van der Waals surface area contributed by atoms with Gasteiger partial charge in [0.1, 0.15) is 0 Å². The van der Waals surface area contributed by atoms with E-state index < -0.39 is 0 Å². The Kier molecular flexibility index (Phi) is 4.50. The molecule has 0 aliphatic carbocycles. The fourth-order valence-corrected chi connectivity index (χ4v) is 2.01. The Morgan fingerprint density at radius 3 is 2.94 bits per heavy atom. The van der Waals surface area contributed by atoms with Crippen molar-refractivity contribution in [1.82, 2.24) is 20.3 Å². The Bertz CT molecular complexity index is 331. The van der Waals surface area contributed by atoms with Crippen molar-refractivity contribution in [3.63, 3.8) is 0 Å². The summed E-state index contributed by atoms with van der Waals surface area (Å²) in [6.07, 6.45) is 4.15. The largest absolute Gasteiger partial charge is 0.381 e. The van der Waals surface area contributed by atoms with E-state index in [2.05, 4.69) is 35.7 Å². The van der Waals surface area contributed by atoms with Crippen LogP contribution in [-0.2, 0) is 11.3 Å². The number of hydrogen-bond acceptors (Lipinski definition) is 4. The third kappa shape index (κ3) is 3.78. The molecular formula is C12H22N4O. The molecule has 0 radical (unpaired) electrons. The summed E-state index contributed by atoms with van der Waals surface area (Å²) < 4.78 is 7.34. The van der Waals surface area contributed by atoms with Gasteiger partial charge in [0.05, 0.1) is 17.9 Å². The second-order valence-electron chi connectivity index (χ2n) is 5.06. The Morgan fingerprint density at radius 2 is 2.24 bits per heavy atom. The van der Waals surface area contributed by atoms with Crippen molar-refractivity contribution in [2.24, 2.45) is 5.92 Å². The molecule has 1 aliphatic heterocycles. The number of hydrogen-bond donors (Lipinski definition) is 1. The first kappa shape index (κ1) is 12.5. The molecule has 0 bridgehead atoms. The van der Waals surface area contributed by atoms with Gasteiger partial charge in [-0.15, -0.1) is 5.10 Å². The monoisotopic (exact) mass is 238 g/mol. The molecule has 5 heteroatoms. The van der Waals surface area contributed by atoms with Gasteiger partial charge in [0, 0.05) is 19.8 Å². The molecule has 0 aromatic carbocycles. The van der Waals surface area contributed by atoms with Crippen molar-refractivity contribution in [3.8, 4) is 0 Å². The summed E-state index contributed by atoms with van der Waals surface area (Å²) in [7, 11) is 0. The highest BCUT2D eigenvalue weighted by molar-refractivity contribution is 4.93. The zero-order valence-electron chi connectivity index (χ0n) is 10.7. The standard InChI is InChI=1S/C12H22N4O/c1-10(2)7-13-8-11-9-16(15-14-11)12-3-5-17-6-4-12/h9-10,12-13H,3-8H2,1-2H3. The maximum absolute atomic E-state index is 5.35. The molecule has 5 nitrogen and oxygen atoms in total. The zero-order chi connectivity index (χ0) is 12.1. The molecule has 1 aliphatic rings. The van der Waals surface area contributed by atoms with Crippen LogP contribution >= 0.6 is 0 Å². The highest BCUT2D eigenvalue weighted by Gasteiger charge is 2.16. The molecule has 0 unspecified atom stereocenters. The van der Waals surface area contributed by atoms with Crippen LogP contribution in [0.2, 0.25) is 0 Å². The molecule has 0 atom stereocenters. The van der Waals surface area contributed by atoms with Gasteiger partial charge in [-0.05, 0) is 25.3 Å². The van der Waals surface area contributed by atoms with Crippen LogP contribution in [-0.4, -0.2) is 34.8 Å². The molecule has 1 aromatic rings. The van der Waals surface area contributed by atoms with Crippen molar-refractivity contribution >= 4 is 0 Å². The molecule has 1 N–H and O–H groups in total. The van der Waals surface area contributed by atoms with Gasteiger partial charge in [0.2, 0.25) is 0 Å². The molecular weight excluding hydrogens is 216 g/mol. The fourth-order valence-electron chi connectivity index (χ4n) is 2.01. The quantitative estimate of drug-likeness (QED) is 0.842. The number of ether oxygens (including phenoxy) is 1. The average Bonchev–Trinajstić information content (AvgIpc) is 2.78. The van der Waals surface area contributed by atoms with Gasteiger partial charge >= 0.3 is 0 Å². The van der Waals surface area contributed by atoms with Gasteiger partial charge in [0.15, 0.2) is 0 Å². The van der Waals surface area contributed by atoms with E-state index in [4.69, 9.17) is 4.74 Å². The van der Waals surface area contributed by atoms with Crippen molar-refractivity contribution < 1.29 is 4.74 Å². The van der Waals surface area contributed by atoms with E-state index in [0.717, 1.165) is 44.8 Å². The Morgan fingerprint density at radius 1 is 1.47 bits per heavy atom. The van der Waals surface area contributed by atoms with E-state index in [1.165, 1.54) is 0 Å². The maximum atomic E-state index is 5.35. The summed E-state index contributed by atoms with van der Waals surface area (Å²) >= 11 is 0. The lowest BCUT2D eigenvalue weighted by atomic mass is 10.1. The van der Waals surface area contributed by atoms with Crippen LogP contribution in [0.3, 0.4) is 0 Å². The molecule has 0 amide bonds. The lowest BCUT2D eigenvalue weighted by Crippen LogP contribution is -2.20. The van der Waals surface area contributed by atoms with Crippen LogP contribution in [0, 0.1) is 5.92 Å². The molecule has 96 valence electrons. The molecule has 17 heavy (non-hydrogen) atoms. The van der Waals surface area contributed by atoms with E-state index in [9.17, 15) is 0 Å². The van der Waals surface area contributed by atoms with Crippen LogP contribution in [0.1, 0.15) is 38.4 Å². The van der Waals surface area contributed by atoms with Gasteiger partial charge in [0.25, 0.3) is 0 Å². The number of rotatable bonds is 5. The van der Waals surface area contributed by atoms with Gasteiger partial charge in [-0.25, -0.2) is 4.68 Å². The smallest absolute Gasteiger partial charge is 0.0964 e. The zero-order valence-corrected chi connectivity index (χ0v) is 10.7. The van der Waals surface area contributed by atoms with Crippen LogP contribution in [0.4, 0.5) is 0 Å². The summed E-state index contributed by atoms with van der Waals surface area (Å²) in [4.78, 5) is 0. The van der Waals surface area contributed by atoms with E-state index in [1.54, 1.807) is 0 Å². The third-order valence-corrected chi connectivity index (χ3v) is 2.98. The van der Waals surface area contributed by atoms with Crippen molar-refractivity contribution in [3.05, 3.63) is 11.9 Å². The highest BCUT2D eigenvalue weighted by Crippen LogP contribution is 2.19. The molecule has 2 heterocycles. The molecule has 1 fully saturated rings. The lowest BCUT2D eigenvalue weighted by Gasteiger charge is -2.21. The summed E-state index contributed by atoms with van der Waals surface area (Å²) in [5.74, 6) is 0.667. The second kappa shape index (κ2) is 6.12. The number of nitrogens with one attached hydrogen (secondary N) is 1. The number of aromatic nitrogens is 3. The predicted octanol–water partition coefficient (Wildman–Crippen LogP) is 1.38. The summed E-state index contributed by atoms with van der Waals surface area (Å²) in [6.45, 7) is 7.90. The van der Waals surface area contributed by atoms with E-state index in [-0.39, 0.29) is 0 Å². The van der Waals surface area contributed by atoms with Crippen molar-refractivity contribution in [1.29, 1.82) is 0 Å². The van der Waals surface area contributed by atoms with Crippen molar-refractivity contribution in [2.75, 3.05) is 19.8 Å². The molecule has 2 rings (SSSR count). The van der Waals surface area contributed by atoms with Crippen LogP contribution in [0.15, 0.2) is 6.20 Å². The van der Waals surface area contributed by atoms with E-state index in [1.807, 2.05) is 4.68 Å². The molecule has 1 aromatic heterocycles. The Balaban J connectivity index is 1.82. The van der Waals surface area contributed by atoms with E-state index in [0.29, 0.717) is 12.0 Å². The maximum Gasteiger partial charge on any atom is 0.0964 e.